The van der Waals surface area contributed by atoms with E-state index in [0.29, 0.717) is 5.92 Å². The first-order valence-corrected chi connectivity index (χ1v) is 7.67. The van der Waals surface area contributed by atoms with Crippen LogP contribution < -0.4 is 5.32 Å². The summed E-state index contributed by atoms with van der Waals surface area (Å²) in [4.78, 5) is 6.78. The van der Waals surface area contributed by atoms with Crippen molar-refractivity contribution < 1.29 is 4.39 Å². The maximum absolute atomic E-state index is 13.0. The lowest BCUT2D eigenvalue weighted by atomic mass is 9.97. The Kier molecular flexibility index (Phi) is 5.49. The molecule has 3 atom stereocenters. The van der Waals surface area contributed by atoms with Crippen molar-refractivity contribution in [3.8, 4) is 0 Å². The van der Waals surface area contributed by atoms with Crippen LogP contribution in [0.3, 0.4) is 0 Å². The smallest absolute Gasteiger partial charge is 0.141 e. The first-order chi connectivity index (χ1) is 9.60. The van der Waals surface area contributed by atoms with Gasteiger partial charge in [-0.1, -0.05) is 20.8 Å². The first kappa shape index (κ1) is 15.4. The highest BCUT2D eigenvalue weighted by atomic mass is 19.1. The van der Waals surface area contributed by atoms with E-state index < -0.39 is 0 Å². The number of nitrogens with zero attached hydrogens (tertiary/aromatic N) is 2. The van der Waals surface area contributed by atoms with Gasteiger partial charge < -0.3 is 10.2 Å². The Morgan fingerprint density at radius 1 is 1.50 bits per heavy atom. The lowest BCUT2D eigenvalue weighted by molar-refractivity contribution is 0.241. The molecule has 0 bridgehead atoms. The van der Waals surface area contributed by atoms with Gasteiger partial charge in [0.25, 0.3) is 0 Å². The maximum atomic E-state index is 13.0. The van der Waals surface area contributed by atoms with E-state index in [0.717, 1.165) is 24.7 Å². The third kappa shape index (κ3) is 4.00. The zero-order valence-electron chi connectivity index (χ0n) is 12.8. The average molecular weight is 279 g/mol. The first-order valence-electron chi connectivity index (χ1n) is 7.67. The molecule has 1 saturated heterocycles. The second kappa shape index (κ2) is 7.14. The summed E-state index contributed by atoms with van der Waals surface area (Å²) < 4.78 is 13.0. The van der Waals surface area contributed by atoms with Crippen LogP contribution in [0.25, 0.3) is 0 Å². The van der Waals surface area contributed by atoms with Crippen molar-refractivity contribution in [3.63, 3.8) is 0 Å². The summed E-state index contributed by atoms with van der Waals surface area (Å²) in [6.07, 6.45) is 2.61. The van der Waals surface area contributed by atoms with E-state index in [1.54, 1.807) is 6.07 Å². The van der Waals surface area contributed by atoms with Gasteiger partial charge in [-0.3, -0.25) is 4.98 Å². The SMILES string of the molecule is CCNC(c1ccc(F)cn1)C(C)CN1CCC(C)C1. The molecule has 0 radical (unpaired) electrons. The molecule has 20 heavy (non-hydrogen) atoms. The number of rotatable bonds is 6. The van der Waals surface area contributed by atoms with Crippen molar-refractivity contribution in [2.75, 3.05) is 26.2 Å². The minimum absolute atomic E-state index is 0.191. The number of hydrogen-bond acceptors (Lipinski definition) is 3. The summed E-state index contributed by atoms with van der Waals surface area (Å²) in [7, 11) is 0. The average Bonchev–Trinajstić information content (AvgIpc) is 2.82. The number of hydrogen-bond donors (Lipinski definition) is 1. The van der Waals surface area contributed by atoms with Crippen molar-refractivity contribution in [1.82, 2.24) is 15.2 Å². The molecule has 1 aliphatic rings. The minimum Gasteiger partial charge on any atom is -0.309 e. The van der Waals surface area contributed by atoms with E-state index in [1.807, 2.05) is 0 Å². The second-order valence-corrected chi connectivity index (χ2v) is 6.07. The molecular weight excluding hydrogens is 253 g/mol. The highest BCUT2D eigenvalue weighted by Gasteiger charge is 2.25. The summed E-state index contributed by atoms with van der Waals surface area (Å²) in [5, 5.41) is 3.49. The van der Waals surface area contributed by atoms with Crippen molar-refractivity contribution in [3.05, 3.63) is 29.8 Å². The van der Waals surface area contributed by atoms with E-state index in [2.05, 4.69) is 36.0 Å². The Balaban J connectivity index is 2.01. The fraction of sp³-hybridized carbons (Fsp3) is 0.688. The number of pyridine rings is 1. The second-order valence-electron chi connectivity index (χ2n) is 6.07. The molecule has 0 spiro atoms. The number of likely N-dealkylation sites (tertiary alicyclic amines) is 1. The van der Waals surface area contributed by atoms with Crippen LogP contribution in [0.15, 0.2) is 18.3 Å². The molecular formula is C16H26FN3. The number of halogens is 1. The van der Waals surface area contributed by atoms with Crippen LogP contribution in [0.1, 0.15) is 38.9 Å². The van der Waals surface area contributed by atoms with E-state index in [1.165, 1.54) is 31.8 Å². The summed E-state index contributed by atoms with van der Waals surface area (Å²) in [5.41, 5.74) is 0.938. The zero-order chi connectivity index (χ0) is 14.5. The van der Waals surface area contributed by atoms with Crippen LogP contribution >= 0.6 is 0 Å². The van der Waals surface area contributed by atoms with Crippen LogP contribution in [-0.2, 0) is 0 Å². The van der Waals surface area contributed by atoms with E-state index >= 15 is 0 Å². The normalized spacial score (nSPS) is 22.9. The Bertz CT molecular complexity index is 407. The van der Waals surface area contributed by atoms with Gasteiger partial charge in [0.15, 0.2) is 0 Å². The van der Waals surface area contributed by atoms with E-state index in [4.69, 9.17) is 0 Å². The molecule has 1 aromatic heterocycles. The Morgan fingerprint density at radius 2 is 2.30 bits per heavy atom. The van der Waals surface area contributed by atoms with Gasteiger partial charge in [0, 0.05) is 13.1 Å². The largest absolute Gasteiger partial charge is 0.309 e. The Morgan fingerprint density at radius 3 is 2.85 bits per heavy atom. The molecule has 2 heterocycles. The molecule has 3 unspecified atom stereocenters. The molecule has 0 aromatic carbocycles. The van der Waals surface area contributed by atoms with Crippen molar-refractivity contribution >= 4 is 0 Å². The van der Waals surface area contributed by atoms with Crippen molar-refractivity contribution in [1.29, 1.82) is 0 Å². The summed E-state index contributed by atoms with van der Waals surface area (Å²) in [6.45, 7) is 11.0. The fourth-order valence-corrected chi connectivity index (χ4v) is 3.09. The zero-order valence-corrected chi connectivity index (χ0v) is 12.8. The van der Waals surface area contributed by atoms with Crippen LogP contribution in [0.4, 0.5) is 4.39 Å². The van der Waals surface area contributed by atoms with Gasteiger partial charge in [-0.25, -0.2) is 4.39 Å². The number of aromatic nitrogens is 1. The summed E-state index contributed by atoms with van der Waals surface area (Å²) >= 11 is 0. The van der Waals surface area contributed by atoms with Crippen molar-refractivity contribution in [2.45, 2.75) is 33.2 Å². The fourth-order valence-electron chi connectivity index (χ4n) is 3.09. The van der Waals surface area contributed by atoms with Crippen LogP contribution in [0.5, 0.6) is 0 Å². The predicted molar refractivity (Wildman–Crippen MR) is 80.0 cm³/mol. The minimum atomic E-state index is -0.273. The quantitative estimate of drug-likeness (QED) is 0.868. The van der Waals surface area contributed by atoms with E-state index in [9.17, 15) is 4.39 Å². The van der Waals surface area contributed by atoms with Crippen LogP contribution in [-0.4, -0.2) is 36.1 Å². The third-order valence-corrected chi connectivity index (χ3v) is 4.12. The van der Waals surface area contributed by atoms with Gasteiger partial charge >= 0.3 is 0 Å². The van der Waals surface area contributed by atoms with Gasteiger partial charge in [0.1, 0.15) is 5.82 Å². The molecule has 1 aromatic rings. The third-order valence-electron chi connectivity index (χ3n) is 4.12. The standard InChI is InChI=1S/C16H26FN3/c1-4-18-16(15-6-5-14(17)9-19-15)13(3)11-20-8-7-12(2)10-20/h5-6,9,12-13,16,18H,4,7-8,10-11H2,1-3H3. The lowest BCUT2D eigenvalue weighted by Gasteiger charge is -2.28. The summed E-state index contributed by atoms with van der Waals surface area (Å²) in [6, 6.07) is 3.49. The highest BCUT2D eigenvalue weighted by molar-refractivity contribution is 5.11. The van der Waals surface area contributed by atoms with Crippen molar-refractivity contribution in [2.24, 2.45) is 11.8 Å². The molecule has 1 aliphatic heterocycles. The van der Waals surface area contributed by atoms with Gasteiger partial charge in [-0.15, -0.1) is 0 Å². The highest BCUT2D eigenvalue weighted by Crippen LogP contribution is 2.24. The molecule has 0 amide bonds. The van der Waals surface area contributed by atoms with Gasteiger partial charge in [0.05, 0.1) is 17.9 Å². The Labute approximate surface area is 121 Å². The van der Waals surface area contributed by atoms with Gasteiger partial charge in [-0.05, 0) is 43.5 Å². The molecule has 112 valence electrons. The monoisotopic (exact) mass is 279 g/mol. The molecule has 0 saturated carbocycles. The topological polar surface area (TPSA) is 28.2 Å². The van der Waals surface area contributed by atoms with Crippen LogP contribution in [0.2, 0.25) is 0 Å². The molecule has 1 N–H and O–H groups in total. The van der Waals surface area contributed by atoms with E-state index in [-0.39, 0.29) is 11.9 Å². The summed E-state index contributed by atoms with van der Waals surface area (Å²) in [5.74, 6) is 0.993. The van der Waals surface area contributed by atoms with Crippen LogP contribution in [0, 0.1) is 17.7 Å². The molecule has 3 nitrogen and oxygen atoms in total. The maximum Gasteiger partial charge on any atom is 0.141 e. The molecule has 2 rings (SSSR count). The Hall–Kier alpha value is -1.00. The molecule has 1 fully saturated rings. The number of nitrogens with one attached hydrogen (secondary N) is 1. The molecule has 0 aliphatic carbocycles. The lowest BCUT2D eigenvalue weighted by Crippen LogP contribution is -2.35. The predicted octanol–water partition coefficient (Wildman–Crippen LogP) is 2.85. The van der Waals surface area contributed by atoms with Gasteiger partial charge in [-0.2, -0.15) is 0 Å². The van der Waals surface area contributed by atoms with Gasteiger partial charge in [0.2, 0.25) is 0 Å². The molecule has 4 heteroatoms.